The van der Waals surface area contributed by atoms with E-state index < -0.39 is 27.6 Å². The molecule has 1 fully saturated rings. The molecule has 1 amide bonds. The van der Waals surface area contributed by atoms with Crippen LogP contribution < -0.4 is 4.90 Å². The van der Waals surface area contributed by atoms with Crippen LogP contribution in [0.4, 0.5) is 14.5 Å². The van der Waals surface area contributed by atoms with Crippen molar-refractivity contribution >= 4 is 33.0 Å². The van der Waals surface area contributed by atoms with Crippen LogP contribution >= 0.6 is 11.3 Å². The van der Waals surface area contributed by atoms with Crippen LogP contribution in [0.2, 0.25) is 0 Å². The van der Waals surface area contributed by atoms with E-state index in [-0.39, 0.29) is 28.9 Å². The van der Waals surface area contributed by atoms with E-state index in [4.69, 9.17) is 0 Å². The predicted octanol–water partition coefficient (Wildman–Crippen LogP) is 3.32. The fraction of sp³-hybridized carbons (Fsp3) is 0.421. The summed E-state index contributed by atoms with van der Waals surface area (Å²) in [5.41, 5.74) is 0.598. The summed E-state index contributed by atoms with van der Waals surface area (Å²) in [5, 5.41) is 0. The summed E-state index contributed by atoms with van der Waals surface area (Å²) in [4.78, 5) is 15.4. The molecule has 1 aromatic heterocycles. The average molecular weight is 427 g/mol. The number of benzene rings is 1. The maximum atomic E-state index is 14.0. The second-order valence-electron chi connectivity index (χ2n) is 7.19. The van der Waals surface area contributed by atoms with Crippen molar-refractivity contribution in [1.29, 1.82) is 0 Å². The summed E-state index contributed by atoms with van der Waals surface area (Å²) in [6, 6.07) is 5.34. The number of carbonyl (C=O) groups excluding carboxylic acids is 1. The standard InChI is InChI=1S/C19H20F2N2O3S2/c1-12-4-5-18(27-12)28(25,26)22-7-2-3-13(11-22)19(24)23-8-6-15-16(21)9-14(20)10-17(15)23/h4-5,9-10,13H,2-3,6-8,11H2,1H3. The van der Waals surface area contributed by atoms with Gasteiger partial charge in [0.15, 0.2) is 0 Å². The van der Waals surface area contributed by atoms with Crippen LogP contribution in [0.3, 0.4) is 0 Å². The normalized spacial score (nSPS) is 20.4. The lowest BCUT2D eigenvalue weighted by atomic mass is 9.98. The summed E-state index contributed by atoms with van der Waals surface area (Å²) in [6.45, 7) is 2.57. The average Bonchev–Trinajstić information content (AvgIpc) is 3.28. The third-order valence-corrected chi connectivity index (χ3v) is 8.66. The quantitative estimate of drug-likeness (QED) is 0.757. The summed E-state index contributed by atoms with van der Waals surface area (Å²) >= 11 is 1.21. The van der Waals surface area contributed by atoms with E-state index in [1.165, 1.54) is 26.6 Å². The second kappa shape index (κ2) is 7.20. The first-order chi connectivity index (χ1) is 13.3. The Bertz CT molecular complexity index is 1040. The fourth-order valence-electron chi connectivity index (χ4n) is 3.91. The Morgan fingerprint density at radius 3 is 2.71 bits per heavy atom. The van der Waals surface area contributed by atoms with Crippen molar-refractivity contribution in [1.82, 2.24) is 4.31 Å². The predicted molar refractivity (Wildman–Crippen MR) is 103 cm³/mol. The molecule has 2 aliphatic rings. The van der Waals surface area contributed by atoms with Crippen molar-refractivity contribution in [3.8, 4) is 0 Å². The highest BCUT2D eigenvalue weighted by atomic mass is 32.2. The van der Waals surface area contributed by atoms with Gasteiger partial charge in [0.2, 0.25) is 5.91 Å². The van der Waals surface area contributed by atoms with Crippen LogP contribution in [0.1, 0.15) is 23.3 Å². The Hall–Kier alpha value is -1.84. The van der Waals surface area contributed by atoms with Crippen LogP contribution in [0.15, 0.2) is 28.5 Å². The third kappa shape index (κ3) is 3.35. The van der Waals surface area contributed by atoms with Gasteiger partial charge in [-0.1, -0.05) is 0 Å². The topological polar surface area (TPSA) is 57.7 Å². The number of piperidine rings is 1. The molecule has 0 N–H and O–H groups in total. The van der Waals surface area contributed by atoms with Gasteiger partial charge in [-0.05, 0) is 44.4 Å². The van der Waals surface area contributed by atoms with E-state index in [2.05, 4.69) is 0 Å². The summed E-state index contributed by atoms with van der Waals surface area (Å²) in [6.07, 6.45) is 1.45. The molecule has 1 saturated heterocycles. The minimum atomic E-state index is -3.64. The highest BCUT2D eigenvalue weighted by Crippen LogP contribution is 2.34. The Kier molecular flexibility index (Phi) is 5.01. The van der Waals surface area contributed by atoms with Crippen LogP contribution in [0.5, 0.6) is 0 Å². The Balaban J connectivity index is 1.56. The van der Waals surface area contributed by atoms with E-state index in [0.29, 0.717) is 31.4 Å². The first kappa shape index (κ1) is 19.5. The number of nitrogens with zero attached hydrogens (tertiary/aromatic N) is 2. The van der Waals surface area contributed by atoms with Crippen molar-refractivity contribution in [3.63, 3.8) is 0 Å². The zero-order valence-corrected chi connectivity index (χ0v) is 17.0. The zero-order valence-electron chi connectivity index (χ0n) is 15.3. The van der Waals surface area contributed by atoms with Gasteiger partial charge >= 0.3 is 0 Å². The van der Waals surface area contributed by atoms with Gasteiger partial charge in [0.1, 0.15) is 15.8 Å². The molecule has 2 aromatic rings. The summed E-state index contributed by atoms with van der Waals surface area (Å²) < 4.78 is 55.0. The number of halogens is 2. The Morgan fingerprint density at radius 2 is 2.00 bits per heavy atom. The van der Waals surface area contributed by atoms with E-state index in [1.54, 1.807) is 12.1 Å². The van der Waals surface area contributed by atoms with Gasteiger partial charge in [0.25, 0.3) is 10.0 Å². The number of hydrogen-bond acceptors (Lipinski definition) is 4. The maximum absolute atomic E-state index is 14.0. The number of fused-ring (bicyclic) bond motifs is 1. The molecular weight excluding hydrogens is 406 g/mol. The van der Waals surface area contributed by atoms with E-state index in [1.807, 2.05) is 6.92 Å². The second-order valence-corrected chi connectivity index (χ2v) is 10.6. The number of rotatable bonds is 3. The number of sulfonamides is 1. The number of thiophene rings is 1. The van der Waals surface area contributed by atoms with E-state index in [9.17, 15) is 22.0 Å². The van der Waals surface area contributed by atoms with Gasteiger partial charge in [0.05, 0.1) is 11.6 Å². The fourth-order valence-corrected chi connectivity index (χ4v) is 6.87. The highest BCUT2D eigenvalue weighted by molar-refractivity contribution is 7.91. The first-order valence-electron chi connectivity index (χ1n) is 9.13. The van der Waals surface area contributed by atoms with E-state index in [0.717, 1.165) is 10.9 Å². The van der Waals surface area contributed by atoms with Crippen molar-refractivity contribution in [2.45, 2.75) is 30.4 Å². The molecule has 0 aliphatic carbocycles. The minimum Gasteiger partial charge on any atom is -0.311 e. The monoisotopic (exact) mass is 426 g/mol. The molecule has 9 heteroatoms. The molecular formula is C19H20F2N2O3S2. The molecule has 150 valence electrons. The highest BCUT2D eigenvalue weighted by Gasteiger charge is 2.38. The smallest absolute Gasteiger partial charge is 0.252 e. The summed E-state index contributed by atoms with van der Waals surface area (Å²) in [7, 11) is -3.64. The molecule has 2 aliphatic heterocycles. The zero-order chi connectivity index (χ0) is 20.1. The van der Waals surface area contributed by atoms with Crippen molar-refractivity contribution in [3.05, 3.63) is 46.3 Å². The Morgan fingerprint density at radius 1 is 1.21 bits per heavy atom. The molecule has 4 rings (SSSR count). The van der Waals surface area contributed by atoms with Gasteiger partial charge in [-0.2, -0.15) is 4.31 Å². The number of amides is 1. The minimum absolute atomic E-state index is 0.0851. The molecule has 0 bridgehead atoms. The lowest BCUT2D eigenvalue weighted by Crippen LogP contribution is -2.46. The maximum Gasteiger partial charge on any atom is 0.252 e. The largest absolute Gasteiger partial charge is 0.311 e. The molecule has 1 unspecified atom stereocenters. The van der Waals surface area contributed by atoms with Crippen LogP contribution in [0, 0.1) is 24.5 Å². The molecule has 28 heavy (non-hydrogen) atoms. The van der Waals surface area contributed by atoms with E-state index >= 15 is 0 Å². The van der Waals surface area contributed by atoms with Gasteiger partial charge in [-0.15, -0.1) is 11.3 Å². The number of hydrogen-bond donors (Lipinski definition) is 0. The van der Waals surface area contributed by atoms with Gasteiger partial charge in [-0.25, -0.2) is 17.2 Å². The lowest BCUT2D eigenvalue weighted by molar-refractivity contribution is -0.123. The Labute approximate surface area is 166 Å². The van der Waals surface area contributed by atoms with Gasteiger partial charge in [-0.3, -0.25) is 4.79 Å². The molecule has 0 spiro atoms. The molecule has 5 nitrogen and oxygen atoms in total. The van der Waals surface area contributed by atoms with Crippen LogP contribution in [-0.4, -0.2) is 38.3 Å². The molecule has 0 radical (unpaired) electrons. The van der Waals surface area contributed by atoms with Crippen LogP contribution in [0.25, 0.3) is 0 Å². The SMILES string of the molecule is Cc1ccc(S(=O)(=O)N2CCCC(C(=O)N3CCc4c(F)cc(F)cc43)C2)s1. The summed E-state index contributed by atoms with van der Waals surface area (Å²) in [5.74, 6) is -2.17. The number of carbonyl (C=O) groups is 1. The molecule has 0 saturated carbocycles. The first-order valence-corrected chi connectivity index (χ1v) is 11.4. The molecule has 1 atom stereocenters. The van der Waals surface area contributed by atoms with Crippen molar-refractivity contribution in [2.75, 3.05) is 24.5 Å². The number of aryl methyl sites for hydroxylation is 1. The number of anilines is 1. The molecule has 3 heterocycles. The lowest BCUT2D eigenvalue weighted by Gasteiger charge is -2.33. The van der Waals surface area contributed by atoms with Gasteiger partial charge < -0.3 is 4.90 Å². The van der Waals surface area contributed by atoms with Gasteiger partial charge in [0, 0.05) is 36.1 Å². The third-order valence-electron chi connectivity index (χ3n) is 5.32. The van der Waals surface area contributed by atoms with Crippen molar-refractivity contribution in [2.24, 2.45) is 5.92 Å². The van der Waals surface area contributed by atoms with Crippen molar-refractivity contribution < 1.29 is 22.0 Å². The molecule has 1 aromatic carbocycles. The van der Waals surface area contributed by atoms with Crippen LogP contribution in [-0.2, 0) is 21.2 Å².